The van der Waals surface area contributed by atoms with Gasteiger partial charge in [-0.15, -0.1) is 0 Å². The van der Waals surface area contributed by atoms with Crippen LogP contribution in [-0.2, 0) is 0 Å². The molecule has 2 unspecified atom stereocenters. The minimum Gasteiger partial charge on any atom is -0.390 e. The molecule has 0 aliphatic carbocycles. The number of hydrogen-bond donors (Lipinski definition) is 2. The summed E-state index contributed by atoms with van der Waals surface area (Å²) in [5.41, 5.74) is 2.54. The van der Waals surface area contributed by atoms with E-state index in [-0.39, 0.29) is 6.54 Å². The van der Waals surface area contributed by atoms with Gasteiger partial charge in [-0.25, -0.2) is 14.4 Å². The molecule has 3 aromatic rings. The van der Waals surface area contributed by atoms with E-state index < -0.39 is 12.3 Å². The van der Waals surface area contributed by atoms with E-state index >= 15 is 0 Å². The molecule has 9 heteroatoms. The zero-order valence-corrected chi connectivity index (χ0v) is 21.3. The molecule has 0 bridgehead atoms. The second-order valence-corrected chi connectivity index (χ2v) is 10.8. The summed E-state index contributed by atoms with van der Waals surface area (Å²) in [6, 6.07) is 8.37. The molecule has 1 aromatic carbocycles. The highest BCUT2D eigenvalue weighted by Crippen LogP contribution is 2.37. The number of thioether (sulfide) groups is 1. The number of aliphatic hydroxyl groups is 1. The molecule has 186 valence electrons. The topological polar surface area (TPSA) is 77.4 Å². The molecule has 35 heavy (non-hydrogen) atoms. The van der Waals surface area contributed by atoms with Crippen molar-refractivity contribution in [3.8, 4) is 0 Å². The molecule has 2 saturated heterocycles. The number of nitrogens with zero attached hydrogens (tertiary/aromatic N) is 5. The Morgan fingerprint density at radius 2 is 1.94 bits per heavy atom. The van der Waals surface area contributed by atoms with E-state index in [2.05, 4.69) is 58.5 Å². The molecule has 2 fully saturated rings. The van der Waals surface area contributed by atoms with Crippen molar-refractivity contribution >= 4 is 45.8 Å². The predicted octanol–water partition coefficient (Wildman–Crippen LogP) is 4.60. The van der Waals surface area contributed by atoms with E-state index in [9.17, 15) is 9.50 Å². The van der Waals surface area contributed by atoms with Crippen LogP contribution in [0.4, 0.5) is 27.7 Å². The minimum absolute atomic E-state index is 0.0909. The standard InChI is InChI=1S/C26H33FN6OS/c1-16(2)18-4-5-22(33-12-17(13-33)15-35-3)20-11-29-25(10-19(18)20)30-24-6-8-28-26(31-24)32-9-7-23(34)21(27)14-32/h4-6,8,10-11,16-17,21,23,34H,7,9,12-15H2,1-3H3,(H,28,29,30,31). The van der Waals surface area contributed by atoms with Crippen LogP contribution < -0.4 is 15.1 Å². The SMILES string of the molecule is CSCC1CN(c2ccc(C(C)C)c3cc(Nc4ccnc(N5CCC(O)C(F)C5)n4)ncc23)C1. The monoisotopic (exact) mass is 496 g/mol. The van der Waals surface area contributed by atoms with Crippen molar-refractivity contribution < 1.29 is 9.50 Å². The lowest BCUT2D eigenvalue weighted by atomic mass is 9.93. The first-order chi connectivity index (χ1) is 16.9. The van der Waals surface area contributed by atoms with Crippen LogP contribution in [0.25, 0.3) is 10.8 Å². The predicted molar refractivity (Wildman–Crippen MR) is 143 cm³/mol. The first kappa shape index (κ1) is 24.1. The normalized spacial score (nSPS) is 21.0. The van der Waals surface area contributed by atoms with Crippen LogP contribution in [0.15, 0.2) is 36.7 Å². The summed E-state index contributed by atoms with van der Waals surface area (Å²) < 4.78 is 14.0. The molecule has 2 atom stereocenters. The number of hydrogen-bond acceptors (Lipinski definition) is 8. The van der Waals surface area contributed by atoms with Crippen LogP contribution >= 0.6 is 11.8 Å². The average molecular weight is 497 g/mol. The summed E-state index contributed by atoms with van der Waals surface area (Å²) in [7, 11) is 0. The quantitative estimate of drug-likeness (QED) is 0.492. The van der Waals surface area contributed by atoms with E-state index in [1.807, 2.05) is 18.0 Å². The maximum atomic E-state index is 14.0. The zero-order valence-electron chi connectivity index (χ0n) is 20.5. The molecule has 0 amide bonds. The lowest BCUT2D eigenvalue weighted by Gasteiger charge is -2.41. The number of aliphatic hydroxyl groups excluding tert-OH is 1. The Morgan fingerprint density at radius 1 is 1.11 bits per heavy atom. The van der Waals surface area contributed by atoms with Crippen LogP contribution in [0.5, 0.6) is 0 Å². The maximum Gasteiger partial charge on any atom is 0.227 e. The largest absolute Gasteiger partial charge is 0.390 e. The molecule has 5 rings (SSSR count). The number of alkyl halides is 1. The summed E-state index contributed by atoms with van der Waals surface area (Å²) in [6.45, 7) is 7.22. The summed E-state index contributed by atoms with van der Waals surface area (Å²) in [6.07, 6.45) is 3.95. The third-order valence-electron chi connectivity index (χ3n) is 6.92. The number of rotatable bonds is 7. The molecular weight excluding hydrogens is 463 g/mol. The fourth-order valence-corrected chi connectivity index (χ4v) is 5.66. The van der Waals surface area contributed by atoms with Crippen molar-refractivity contribution in [1.29, 1.82) is 0 Å². The molecule has 0 saturated carbocycles. The van der Waals surface area contributed by atoms with Crippen LogP contribution in [0.1, 0.15) is 31.7 Å². The van der Waals surface area contributed by atoms with Gasteiger partial charge in [0.2, 0.25) is 5.95 Å². The van der Waals surface area contributed by atoms with Crippen LogP contribution in [0.3, 0.4) is 0 Å². The smallest absolute Gasteiger partial charge is 0.227 e. The summed E-state index contributed by atoms with van der Waals surface area (Å²) in [4.78, 5) is 17.8. The Balaban J connectivity index is 1.40. The van der Waals surface area contributed by atoms with Gasteiger partial charge in [0.05, 0.1) is 12.6 Å². The highest BCUT2D eigenvalue weighted by molar-refractivity contribution is 7.98. The number of halogens is 1. The minimum atomic E-state index is -1.29. The van der Waals surface area contributed by atoms with Crippen molar-refractivity contribution in [3.63, 3.8) is 0 Å². The number of pyridine rings is 1. The fourth-order valence-electron chi connectivity index (χ4n) is 4.98. The molecule has 0 spiro atoms. The molecule has 2 aliphatic heterocycles. The highest BCUT2D eigenvalue weighted by atomic mass is 32.2. The van der Waals surface area contributed by atoms with Gasteiger partial charge in [0.15, 0.2) is 0 Å². The second kappa shape index (κ2) is 10.1. The van der Waals surface area contributed by atoms with Crippen LogP contribution in [-0.4, -0.2) is 70.5 Å². The fraction of sp³-hybridized carbons (Fsp3) is 0.500. The Kier molecular flexibility index (Phi) is 6.98. The Morgan fingerprint density at radius 3 is 2.69 bits per heavy atom. The molecule has 0 radical (unpaired) electrons. The molecular formula is C26H33FN6OS. The summed E-state index contributed by atoms with van der Waals surface area (Å²) in [5, 5.41) is 15.4. The lowest BCUT2D eigenvalue weighted by Crippen LogP contribution is -2.48. The number of benzene rings is 1. The van der Waals surface area contributed by atoms with Gasteiger partial charge in [-0.2, -0.15) is 16.7 Å². The lowest BCUT2D eigenvalue weighted by molar-refractivity contribution is 0.0612. The Hall–Kier alpha value is -2.65. The maximum absolute atomic E-state index is 14.0. The average Bonchev–Trinajstić information content (AvgIpc) is 2.82. The molecule has 7 nitrogen and oxygen atoms in total. The van der Waals surface area contributed by atoms with Crippen molar-refractivity contribution in [2.45, 2.75) is 38.5 Å². The van der Waals surface area contributed by atoms with Gasteiger partial charge in [0.25, 0.3) is 0 Å². The first-order valence-electron chi connectivity index (χ1n) is 12.3. The van der Waals surface area contributed by atoms with Gasteiger partial charge >= 0.3 is 0 Å². The number of nitrogens with one attached hydrogen (secondary N) is 1. The number of piperidine rings is 1. The Bertz CT molecular complexity index is 1190. The highest BCUT2D eigenvalue weighted by Gasteiger charge is 2.29. The van der Waals surface area contributed by atoms with Crippen molar-refractivity contribution in [3.05, 3.63) is 42.2 Å². The van der Waals surface area contributed by atoms with E-state index in [1.54, 1.807) is 17.2 Å². The number of aromatic nitrogens is 3. The van der Waals surface area contributed by atoms with Gasteiger partial charge in [0.1, 0.15) is 17.8 Å². The second-order valence-electron chi connectivity index (χ2n) is 9.86. The zero-order chi connectivity index (χ0) is 24.5. The number of anilines is 4. The first-order valence-corrected chi connectivity index (χ1v) is 13.7. The van der Waals surface area contributed by atoms with E-state index in [0.717, 1.165) is 19.0 Å². The van der Waals surface area contributed by atoms with E-state index in [1.165, 1.54) is 27.8 Å². The summed E-state index contributed by atoms with van der Waals surface area (Å²) in [5.74, 6) is 4.11. The molecule has 2 N–H and O–H groups in total. The molecule has 2 aromatic heterocycles. The van der Waals surface area contributed by atoms with Crippen molar-refractivity contribution in [2.24, 2.45) is 5.92 Å². The van der Waals surface area contributed by atoms with Crippen LogP contribution in [0, 0.1) is 5.92 Å². The van der Waals surface area contributed by atoms with Gasteiger partial charge < -0.3 is 20.2 Å². The van der Waals surface area contributed by atoms with Crippen molar-refractivity contribution in [1.82, 2.24) is 15.0 Å². The third-order valence-corrected chi connectivity index (χ3v) is 7.73. The van der Waals surface area contributed by atoms with Crippen LogP contribution in [0.2, 0.25) is 0 Å². The van der Waals surface area contributed by atoms with Gasteiger partial charge in [-0.05, 0) is 53.5 Å². The van der Waals surface area contributed by atoms with Gasteiger partial charge in [0, 0.05) is 49.0 Å². The van der Waals surface area contributed by atoms with Gasteiger partial charge in [-0.1, -0.05) is 19.9 Å². The van der Waals surface area contributed by atoms with Gasteiger partial charge in [-0.3, -0.25) is 0 Å². The van der Waals surface area contributed by atoms with Crippen molar-refractivity contribution in [2.75, 3.05) is 53.3 Å². The van der Waals surface area contributed by atoms with E-state index in [0.29, 0.717) is 36.5 Å². The third kappa shape index (κ3) is 5.02. The molecule has 2 aliphatic rings. The summed E-state index contributed by atoms with van der Waals surface area (Å²) >= 11 is 1.92. The number of fused-ring (bicyclic) bond motifs is 1. The molecule has 4 heterocycles. The van der Waals surface area contributed by atoms with E-state index in [4.69, 9.17) is 4.98 Å². The Labute approximate surface area is 210 Å².